The van der Waals surface area contributed by atoms with Crippen molar-refractivity contribution < 1.29 is 4.74 Å². The molecule has 126 valence electrons. The van der Waals surface area contributed by atoms with Gasteiger partial charge in [0.1, 0.15) is 0 Å². The number of morpholine rings is 1. The largest absolute Gasteiger partial charge is 0.379 e. The van der Waals surface area contributed by atoms with Gasteiger partial charge in [-0.3, -0.25) is 4.90 Å². The van der Waals surface area contributed by atoms with Crippen molar-refractivity contribution in [2.24, 2.45) is 17.8 Å². The number of anilines is 1. The van der Waals surface area contributed by atoms with Gasteiger partial charge in [-0.05, 0) is 49.7 Å². The Hall–Kier alpha value is -1.20. The Balaban J connectivity index is 1.42. The van der Waals surface area contributed by atoms with Crippen molar-refractivity contribution in [3.63, 3.8) is 0 Å². The third kappa shape index (κ3) is 3.36. The van der Waals surface area contributed by atoms with Gasteiger partial charge in [-0.15, -0.1) is 5.10 Å². The normalized spacial score (nSPS) is 32.0. The predicted octanol–water partition coefficient (Wildman–Crippen LogP) is 1.97. The molecule has 1 aliphatic carbocycles. The summed E-state index contributed by atoms with van der Waals surface area (Å²) in [6, 6.07) is 4.21. The van der Waals surface area contributed by atoms with Crippen molar-refractivity contribution in [3.05, 3.63) is 17.8 Å². The maximum atomic E-state index is 5.49. The molecule has 5 nitrogen and oxygen atoms in total. The minimum Gasteiger partial charge on any atom is -0.379 e. The molecule has 2 saturated heterocycles. The SMILES string of the molecule is Cc1ccc(N2C[C@H]3CCC[C@@H](CN4CCOCC4)[C@H]3C2)nn1. The molecule has 0 aromatic carbocycles. The summed E-state index contributed by atoms with van der Waals surface area (Å²) >= 11 is 0. The Morgan fingerprint density at radius 1 is 1.13 bits per heavy atom. The molecule has 1 aromatic heterocycles. The Kier molecular flexibility index (Phi) is 4.49. The van der Waals surface area contributed by atoms with Crippen LogP contribution >= 0.6 is 0 Å². The van der Waals surface area contributed by atoms with E-state index in [0.717, 1.165) is 62.1 Å². The molecule has 3 heterocycles. The van der Waals surface area contributed by atoms with Crippen molar-refractivity contribution in [2.75, 3.05) is 50.8 Å². The number of rotatable bonds is 3. The summed E-state index contributed by atoms with van der Waals surface area (Å²) in [5.41, 5.74) is 0.996. The second-order valence-corrected chi connectivity index (χ2v) is 7.47. The molecule has 0 radical (unpaired) electrons. The Morgan fingerprint density at radius 2 is 2.00 bits per heavy atom. The fourth-order valence-electron chi connectivity index (χ4n) is 4.68. The maximum Gasteiger partial charge on any atom is 0.151 e. The number of nitrogens with zero attached hydrogens (tertiary/aromatic N) is 4. The van der Waals surface area contributed by atoms with Gasteiger partial charge in [-0.2, -0.15) is 5.10 Å². The molecule has 0 amide bonds. The Bertz CT molecular complexity index is 514. The zero-order valence-corrected chi connectivity index (χ0v) is 14.2. The van der Waals surface area contributed by atoms with Gasteiger partial charge < -0.3 is 9.64 Å². The van der Waals surface area contributed by atoms with E-state index in [1.54, 1.807) is 0 Å². The molecule has 1 saturated carbocycles. The van der Waals surface area contributed by atoms with Crippen LogP contribution in [0.5, 0.6) is 0 Å². The third-order valence-corrected chi connectivity index (χ3v) is 5.95. The first-order chi connectivity index (χ1) is 11.3. The van der Waals surface area contributed by atoms with E-state index in [4.69, 9.17) is 4.74 Å². The van der Waals surface area contributed by atoms with Crippen molar-refractivity contribution in [3.8, 4) is 0 Å². The highest BCUT2D eigenvalue weighted by molar-refractivity contribution is 5.39. The van der Waals surface area contributed by atoms with Gasteiger partial charge in [0.2, 0.25) is 0 Å². The molecular formula is C18H28N4O. The van der Waals surface area contributed by atoms with Gasteiger partial charge in [-0.1, -0.05) is 6.42 Å². The van der Waals surface area contributed by atoms with Gasteiger partial charge in [0.15, 0.2) is 5.82 Å². The second-order valence-electron chi connectivity index (χ2n) is 7.47. The lowest BCUT2D eigenvalue weighted by Crippen LogP contribution is -2.43. The quantitative estimate of drug-likeness (QED) is 0.853. The van der Waals surface area contributed by atoms with Crippen LogP contribution < -0.4 is 4.90 Å². The maximum absolute atomic E-state index is 5.49. The average molecular weight is 316 g/mol. The van der Waals surface area contributed by atoms with Crippen molar-refractivity contribution in [2.45, 2.75) is 26.2 Å². The van der Waals surface area contributed by atoms with E-state index in [1.807, 2.05) is 6.92 Å². The van der Waals surface area contributed by atoms with Crippen LogP contribution in [0.15, 0.2) is 12.1 Å². The summed E-state index contributed by atoms with van der Waals surface area (Å²) < 4.78 is 5.49. The van der Waals surface area contributed by atoms with Crippen LogP contribution in [0.25, 0.3) is 0 Å². The molecule has 1 aromatic rings. The van der Waals surface area contributed by atoms with E-state index in [1.165, 1.54) is 32.4 Å². The molecule has 0 unspecified atom stereocenters. The average Bonchev–Trinajstić information content (AvgIpc) is 3.02. The highest BCUT2D eigenvalue weighted by atomic mass is 16.5. The minimum atomic E-state index is 0.828. The van der Waals surface area contributed by atoms with Gasteiger partial charge in [0.05, 0.1) is 18.9 Å². The van der Waals surface area contributed by atoms with Gasteiger partial charge >= 0.3 is 0 Å². The van der Waals surface area contributed by atoms with Crippen LogP contribution in [0.4, 0.5) is 5.82 Å². The number of hydrogen-bond donors (Lipinski definition) is 0. The Morgan fingerprint density at radius 3 is 2.78 bits per heavy atom. The highest BCUT2D eigenvalue weighted by Crippen LogP contribution is 2.41. The van der Waals surface area contributed by atoms with Gasteiger partial charge in [0, 0.05) is 32.7 Å². The van der Waals surface area contributed by atoms with E-state index < -0.39 is 0 Å². The van der Waals surface area contributed by atoms with Crippen molar-refractivity contribution >= 4 is 5.82 Å². The zero-order valence-electron chi connectivity index (χ0n) is 14.2. The Labute approximate surface area is 139 Å². The van der Waals surface area contributed by atoms with Gasteiger partial charge in [-0.25, -0.2) is 0 Å². The standard InChI is InChI=1S/C18H28N4O/c1-14-5-6-18(20-19-14)22-12-16-4-2-3-15(17(16)13-22)11-21-7-9-23-10-8-21/h5-6,15-17H,2-4,7-13H2,1H3/t15-,16+,17+/m0/s1. The van der Waals surface area contributed by atoms with E-state index in [0.29, 0.717) is 0 Å². The molecule has 0 bridgehead atoms. The van der Waals surface area contributed by atoms with E-state index in [-0.39, 0.29) is 0 Å². The molecule has 3 aliphatic rings. The van der Waals surface area contributed by atoms with Crippen molar-refractivity contribution in [1.29, 1.82) is 0 Å². The lowest BCUT2D eigenvalue weighted by atomic mass is 9.73. The molecule has 2 aliphatic heterocycles. The number of hydrogen-bond acceptors (Lipinski definition) is 5. The van der Waals surface area contributed by atoms with Crippen LogP contribution in [-0.2, 0) is 4.74 Å². The molecule has 3 fully saturated rings. The van der Waals surface area contributed by atoms with E-state index >= 15 is 0 Å². The van der Waals surface area contributed by atoms with E-state index in [2.05, 4.69) is 32.1 Å². The predicted molar refractivity (Wildman–Crippen MR) is 90.6 cm³/mol. The third-order valence-electron chi connectivity index (χ3n) is 5.95. The monoisotopic (exact) mass is 316 g/mol. The first-order valence-electron chi connectivity index (χ1n) is 9.15. The smallest absolute Gasteiger partial charge is 0.151 e. The molecule has 3 atom stereocenters. The first-order valence-corrected chi connectivity index (χ1v) is 9.15. The fourth-order valence-corrected chi connectivity index (χ4v) is 4.68. The molecule has 23 heavy (non-hydrogen) atoms. The lowest BCUT2D eigenvalue weighted by Gasteiger charge is -2.37. The summed E-state index contributed by atoms with van der Waals surface area (Å²) in [4.78, 5) is 5.09. The molecule has 0 N–H and O–H groups in total. The summed E-state index contributed by atoms with van der Waals surface area (Å²) in [6.07, 6.45) is 4.18. The number of fused-ring (bicyclic) bond motifs is 1. The highest BCUT2D eigenvalue weighted by Gasteiger charge is 2.41. The van der Waals surface area contributed by atoms with Crippen LogP contribution in [0.1, 0.15) is 25.0 Å². The summed E-state index contributed by atoms with van der Waals surface area (Å²) in [7, 11) is 0. The van der Waals surface area contributed by atoms with Crippen LogP contribution in [0.3, 0.4) is 0 Å². The summed E-state index contributed by atoms with van der Waals surface area (Å²) in [5, 5.41) is 8.65. The molecular weight excluding hydrogens is 288 g/mol. The van der Waals surface area contributed by atoms with E-state index in [9.17, 15) is 0 Å². The molecule has 4 rings (SSSR count). The fraction of sp³-hybridized carbons (Fsp3) is 0.778. The minimum absolute atomic E-state index is 0.828. The van der Waals surface area contributed by atoms with Crippen LogP contribution in [0, 0.1) is 24.7 Å². The zero-order chi connectivity index (χ0) is 15.6. The topological polar surface area (TPSA) is 41.5 Å². The molecule has 5 heteroatoms. The van der Waals surface area contributed by atoms with Crippen LogP contribution in [0.2, 0.25) is 0 Å². The number of aromatic nitrogens is 2. The molecule has 0 spiro atoms. The number of aryl methyl sites for hydroxylation is 1. The number of ether oxygens (including phenoxy) is 1. The summed E-state index contributed by atoms with van der Waals surface area (Å²) in [5.74, 6) is 3.58. The van der Waals surface area contributed by atoms with Gasteiger partial charge in [0.25, 0.3) is 0 Å². The second kappa shape index (κ2) is 6.73. The summed E-state index contributed by atoms with van der Waals surface area (Å²) in [6.45, 7) is 9.64. The first kappa shape index (κ1) is 15.3. The lowest BCUT2D eigenvalue weighted by molar-refractivity contribution is 0.0195. The van der Waals surface area contributed by atoms with Crippen molar-refractivity contribution in [1.82, 2.24) is 15.1 Å². The van der Waals surface area contributed by atoms with Crippen LogP contribution in [-0.4, -0.2) is 61.0 Å².